The number of carboxylic acid groups (broad SMARTS) is 1. The van der Waals surface area contributed by atoms with Crippen molar-refractivity contribution in [1.82, 2.24) is 0 Å². The first-order valence-electron chi connectivity index (χ1n) is 3.59. The smallest absolute Gasteiger partial charge is 1.00 e. The molecule has 0 bridgehead atoms. The van der Waals surface area contributed by atoms with Gasteiger partial charge in [-0.15, -0.1) is 0 Å². The first-order chi connectivity index (χ1) is 4.68. The third-order valence-electron chi connectivity index (χ3n) is 1.37. The van der Waals surface area contributed by atoms with E-state index in [4.69, 9.17) is 10.2 Å². The maximum atomic E-state index is 10.0. The van der Waals surface area contributed by atoms with Crippen LogP contribution in [0.25, 0.3) is 0 Å². The second kappa shape index (κ2) is 8.53. The van der Waals surface area contributed by atoms with E-state index in [1.165, 1.54) is 0 Å². The van der Waals surface area contributed by atoms with Crippen LogP contribution in [-0.2, 0) is 4.79 Å². The molecule has 1 unspecified atom stereocenters. The molecule has 0 saturated carbocycles. The molecule has 3 nitrogen and oxygen atoms in total. The molecule has 62 valence electrons. The van der Waals surface area contributed by atoms with Gasteiger partial charge in [-0.2, -0.15) is 0 Å². The quantitative estimate of drug-likeness (QED) is 0.375. The van der Waals surface area contributed by atoms with Crippen LogP contribution >= 0.6 is 0 Å². The first kappa shape index (κ1) is 14.0. The van der Waals surface area contributed by atoms with Gasteiger partial charge in [0.2, 0.25) is 0 Å². The van der Waals surface area contributed by atoms with Gasteiger partial charge in [-0.05, 0) is 6.42 Å². The van der Waals surface area contributed by atoms with E-state index < -0.39 is 12.1 Å². The number of carboxylic acids is 1. The minimum Gasteiger partial charge on any atom is -1.00 e. The van der Waals surface area contributed by atoms with Crippen LogP contribution in [0.1, 0.15) is 34.0 Å². The van der Waals surface area contributed by atoms with Crippen molar-refractivity contribution in [3.8, 4) is 0 Å². The summed E-state index contributed by atoms with van der Waals surface area (Å²) in [4.78, 5) is 10.0. The number of aliphatic hydroxyl groups is 1. The largest absolute Gasteiger partial charge is 1.00 e. The van der Waals surface area contributed by atoms with Crippen LogP contribution in [0.3, 0.4) is 0 Å². The molecule has 0 aliphatic heterocycles. The maximum absolute atomic E-state index is 10.0. The summed E-state index contributed by atoms with van der Waals surface area (Å²) in [7, 11) is 0. The average molecular weight is 170 g/mol. The van der Waals surface area contributed by atoms with E-state index in [9.17, 15) is 4.79 Å². The van der Waals surface area contributed by atoms with Crippen molar-refractivity contribution in [2.45, 2.75) is 38.7 Å². The molecule has 0 amide bonds. The minimum absolute atomic E-state index is 0. The Kier molecular flexibility index (Phi) is 10.8. The average Bonchev–Trinajstić information content (AvgIpc) is 1.88. The van der Waals surface area contributed by atoms with Crippen molar-refractivity contribution in [2.75, 3.05) is 0 Å². The molecule has 0 fully saturated rings. The molecule has 0 aromatic rings. The van der Waals surface area contributed by atoms with Crippen molar-refractivity contribution in [3.63, 3.8) is 0 Å². The van der Waals surface area contributed by atoms with Gasteiger partial charge in [0.25, 0.3) is 0 Å². The van der Waals surface area contributed by atoms with Gasteiger partial charge < -0.3 is 11.6 Å². The van der Waals surface area contributed by atoms with E-state index in [0.717, 1.165) is 19.3 Å². The van der Waals surface area contributed by atoms with E-state index in [-0.39, 0.29) is 31.0 Å². The van der Waals surface area contributed by atoms with Crippen LogP contribution in [0.5, 0.6) is 0 Å². The van der Waals surface area contributed by atoms with E-state index in [0.29, 0.717) is 6.42 Å². The molecular weight excluding hydrogens is 155 g/mol. The Balaban J connectivity index is -0.000000405. The summed E-state index contributed by atoms with van der Waals surface area (Å²) < 4.78 is 0. The number of unbranched alkanes of at least 4 members (excludes halogenated alkanes) is 2. The molecule has 1 atom stereocenters. The monoisotopic (exact) mass is 170 g/mol. The number of rotatable bonds is 5. The summed E-state index contributed by atoms with van der Waals surface area (Å²) in [5.41, 5.74) is 0. The zero-order valence-electron chi connectivity index (χ0n) is 8.21. The van der Waals surface area contributed by atoms with Gasteiger partial charge in [0.15, 0.2) is 6.10 Å². The van der Waals surface area contributed by atoms with Gasteiger partial charge in [-0.1, -0.05) is 26.2 Å². The molecule has 0 aromatic carbocycles. The van der Waals surface area contributed by atoms with Crippen molar-refractivity contribution < 1.29 is 46.0 Å². The Morgan fingerprint density at radius 1 is 1.55 bits per heavy atom. The van der Waals surface area contributed by atoms with Crippen molar-refractivity contribution in [1.29, 1.82) is 0 Å². The third-order valence-corrected chi connectivity index (χ3v) is 1.37. The van der Waals surface area contributed by atoms with Crippen molar-refractivity contribution in [3.05, 3.63) is 0 Å². The van der Waals surface area contributed by atoms with Gasteiger partial charge >= 0.3 is 35.5 Å². The molecule has 0 rings (SSSR count). The topological polar surface area (TPSA) is 57.5 Å². The Labute approximate surface area is 90.6 Å². The van der Waals surface area contributed by atoms with Crippen LogP contribution in [0.4, 0.5) is 0 Å². The van der Waals surface area contributed by atoms with E-state index in [1.54, 1.807) is 0 Å². The number of aliphatic hydroxyl groups excluding tert-OH is 1. The molecule has 2 N–H and O–H groups in total. The Morgan fingerprint density at radius 3 is 2.45 bits per heavy atom. The summed E-state index contributed by atoms with van der Waals surface area (Å²) in [5.74, 6) is -1.11. The van der Waals surface area contributed by atoms with Gasteiger partial charge in [0.1, 0.15) is 0 Å². The fraction of sp³-hybridized carbons (Fsp3) is 0.857. The van der Waals surface area contributed by atoms with Gasteiger partial charge in [-0.3, -0.25) is 0 Å². The Morgan fingerprint density at radius 2 is 2.09 bits per heavy atom. The summed E-state index contributed by atoms with van der Waals surface area (Å²) >= 11 is 0. The summed E-state index contributed by atoms with van der Waals surface area (Å²) in [6, 6.07) is 0. The Hall–Kier alpha value is 0.430. The van der Waals surface area contributed by atoms with E-state index in [2.05, 4.69) is 0 Å². The molecule has 0 aliphatic rings. The number of aliphatic carboxylic acids is 1. The molecule has 0 heterocycles. The normalized spacial score (nSPS) is 11.8. The maximum Gasteiger partial charge on any atom is 1.00 e. The number of carbonyl (C=O) groups is 1. The van der Waals surface area contributed by atoms with Gasteiger partial charge in [-0.25, -0.2) is 4.79 Å². The summed E-state index contributed by atoms with van der Waals surface area (Å²) in [6.07, 6.45) is 2.05. The fourth-order valence-corrected chi connectivity index (χ4v) is 0.711. The van der Waals surface area contributed by atoms with Crippen LogP contribution in [0.15, 0.2) is 0 Å². The molecule has 4 heteroatoms. The molecule has 0 spiro atoms. The van der Waals surface area contributed by atoms with Crippen LogP contribution in [0.2, 0.25) is 0 Å². The molecule has 0 aliphatic carbocycles. The standard InChI is InChI=1S/C7H14O3.Na.H/c1-2-3-4-5-6(8)7(9)10;;/h6,8H,2-5H2,1H3,(H,9,10);;/q;+1;-1. The van der Waals surface area contributed by atoms with Crippen molar-refractivity contribution in [2.24, 2.45) is 0 Å². The molecular formula is C7H15NaO3. The second-order valence-corrected chi connectivity index (χ2v) is 2.35. The summed E-state index contributed by atoms with van der Waals surface area (Å²) in [5, 5.41) is 17.0. The zero-order valence-corrected chi connectivity index (χ0v) is 9.21. The van der Waals surface area contributed by atoms with E-state index >= 15 is 0 Å². The first-order valence-corrected chi connectivity index (χ1v) is 3.59. The van der Waals surface area contributed by atoms with E-state index in [1.807, 2.05) is 6.92 Å². The van der Waals surface area contributed by atoms with Gasteiger partial charge in [0, 0.05) is 0 Å². The van der Waals surface area contributed by atoms with Crippen molar-refractivity contribution >= 4 is 5.97 Å². The third kappa shape index (κ3) is 8.34. The van der Waals surface area contributed by atoms with Gasteiger partial charge in [0.05, 0.1) is 0 Å². The molecule has 0 radical (unpaired) electrons. The van der Waals surface area contributed by atoms with Crippen LogP contribution in [0, 0.1) is 0 Å². The minimum atomic E-state index is -1.16. The zero-order chi connectivity index (χ0) is 7.98. The molecule has 11 heavy (non-hydrogen) atoms. The second-order valence-electron chi connectivity index (χ2n) is 2.35. The molecule has 0 aromatic heterocycles. The summed E-state index contributed by atoms with van der Waals surface area (Å²) in [6.45, 7) is 2.03. The number of hydrogen-bond acceptors (Lipinski definition) is 2. The Bertz CT molecular complexity index is 111. The SMILES string of the molecule is CCCCCC(O)C(=O)O.[H-].[Na+]. The van der Waals surface area contributed by atoms with Crippen LogP contribution < -0.4 is 29.6 Å². The number of hydrogen-bond donors (Lipinski definition) is 2. The predicted octanol–water partition coefficient (Wildman–Crippen LogP) is -1.87. The fourth-order valence-electron chi connectivity index (χ4n) is 0.711. The van der Waals surface area contributed by atoms with Crippen LogP contribution in [-0.4, -0.2) is 22.3 Å². The predicted molar refractivity (Wildman–Crippen MR) is 38.9 cm³/mol. The molecule has 0 saturated heterocycles.